The molecule has 1 rings (SSSR count). The SMILES string of the molecule is CCS(=O)(=O)CCNC(=O)c1cc(F)cnc1NC. The molecule has 106 valence electrons. The van der Waals surface area contributed by atoms with E-state index in [1.807, 2.05) is 0 Å². The van der Waals surface area contributed by atoms with Crippen molar-refractivity contribution in [3.8, 4) is 0 Å². The predicted octanol–water partition coefficient (Wildman–Crippen LogP) is 0.427. The lowest BCUT2D eigenvalue weighted by atomic mass is 10.2. The van der Waals surface area contributed by atoms with Gasteiger partial charge >= 0.3 is 0 Å². The second-order valence-electron chi connectivity index (χ2n) is 3.79. The first-order valence-corrected chi connectivity index (χ1v) is 7.53. The summed E-state index contributed by atoms with van der Waals surface area (Å²) in [6, 6.07) is 1.04. The number of pyridine rings is 1. The Morgan fingerprint density at radius 1 is 1.47 bits per heavy atom. The molecule has 0 spiro atoms. The average molecular weight is 289 g/mol. The maximum atomic E-state index is 13.0. The lowest BCUT2D eigenvalue weighted by Crippen LogP contribution is -2.30. The number of halogens is 1. The Morgan fingerprint density at radius 3 is 2.74 bits per heavy atom. The average Bonchev–Trinajstić information content (AvgIpc) is 2.38. The molecule has 2 N–H and O–H groups in total. The van der Waals surface area contributed by atoms with Gasteiger partial charge in [-0.1, -0.05) is 6.92 Å². The molecule has 19 heavy (non-hydrogen) atoms. The number of nitrogens with zero attached hydrogens (tertiary/aromatic N) is 1. The second-order valence-corrected chi connectivity index (χ2v) is 6.26. The Hall–Kier alpha value is -1.70. The molecule has 0 saturated heterocycles. The van der Waals surface area contributed by atoms with Gasteiger partial charge in [-0.3, -0.25) is 4.79 Å². The largest absolute Gasteiger partial charge is 0.372 e. The minimum absolute atomic E-state index is 0.0192. The molecular formula is C11H16FN3O3S. The summed E-state index contributed by atoms with van der Waals surface area (Å²) in [6.07, 6.45) is 0.990. The van der Waals surface area contributed by atoms with E-state index in [1.54, 1.807) is 7.05 Å². The number of carbonyl (C=O) groups excluding carboxylic acids is 1. The smallest absolute Gasteiger partial charge is 0.255 e. The molecule has 0 bridgehead atoms. The van der Waals surface area contributed by atoms with Crippen LogP contribution in [0.25, 0.3) is 0 Å². The van der Waals surface area contributed by atoms with Crippen molar-refractivity contribution in [2.45, 2.75) is 6.92 Å². The zero-order valence-electron chi connectivity index (χ0n) is 10.7. The number of carbonyl (C=O) groups is 1. The summed E-state index contributed by atoms with van der Waals surface area (Å²) in [4.78, 5) is 15.5. The minimum atomic E-state index is -3.14. The summed E-state index contributed by atoms with van der Waals surface area (Å²) < 4.78 is 35.6. The van der Waals surface area contributed by atoms with Crippen LogP contribution in [0.4, 0.5) is 10.2 Å². The second kappa shape index (κ2) is 6.46. The third-order valence-corrected chi connectivity index (χ3v) is 4.18. The molecule has 0 atom stereocenters. The summed E-state index contributed by atoms with van der Waals surface area (Å²) >= 11 is 0. The van der Waals surface area contributed by atoms with E-state index >= 15 is 0 Å². The van der Waals surface area contributed by atoms with Crippen molar-refractivity contribution in [1.29, 1.82) is 0 Å². The standard InChI is InChI=1S/C11H16FN3O3S/c1-3-19(17,18)5-4-14-11(16)9-6-8(12)7-15-10(9)13-2/h6-7H,3-5H2,1-2H3,(H,13,15)(H,14,16). The molecule has 0 radical (unpaired) electrons. The van der Waals surface area contributed by atoms with Crippen LogP contribution in [-0.4, -0.2) is 44.4 Å². The van der Waals surface area contributed by atoms with Crippen LogP contribution in [0.15, 0.2) is 12.3 Å². The van der Waals surface area contributed by atoms with Gasteiger partial charge in [0.05, 0.1) is 17.5 Å². The number of anilines is 1. The lowest BCUT2D eigenvalue weighted by Gasteiger charge is -2.09. The molecule has 1 heterocycles. The monoisotopic (exact) mass is 289 g/mol. The molecule has 0 aliphatic heterocycles. The number of aromatic nitrogens is 1. The van der Waals surface area contributed by atoms with E-state index in [0.717, 1.165) is 12.3 Å². The van der Waals surface area contributed by atoms with Gasteiger partial charge in [-0.15, -0.1) is 0 Å². The van der Waals surface area contributed by atoms with Crippen LogP contribution < -0.4 is 10.6 Å². The van der Waals surface area contributed by atoms with Crippen LogP contribution in [0, 0.1) is 5.82 Å². The zero-order valence-corrected chi connectivity index (χ0v) is 11.6. The first kappa shape index (κ1) is 15.4. The van der Waals surface area contributed by atoms with E-state index in [2.05, 4.69) is 15.6 Å². The van der Waals surface area contributed by atoms with Crippen LogP contribution in [0.2, 0.25) is 0 Å². The fourth-order valence-electron chi connectivity index (χ4n) is 1.37. The normalized spacial score (nSPS) is 11.1. The fraction of sp³-hybridized carbons (Fsp3) is 0.455. The zero-order chi connectivity index (χ0) is 14.5. The van der Waals surface area contributed by atoms with Crippen LogP contribution in [-0.2, 0) is 9.84 Å². The molecule has 1 aromatic heterocycles. The van der Waals surface area contributed by atoms with Gasteiger partial charge in [0.1, 0.15) is 11.6 Å². The molecular weight excluding hydrogens is 273 g/mol. The fourth-order valence-corrected chi connectivity index (χ4v) is 2.07. The summed E-state index contributed by atoms with van der Waals surface area (Å²) in [5.41, 5.74) is 0.0383. The molecule has 0 saturated carbocycles. The third-order valence-electron chi connectivity index (χ3n) is 2.47. The molecule has 8 heteroatoms. The number of hydrogen-bond acceptors (Lipinski definition) is 5. The van der Waals surface area contributed by atoms with Gasteiger partial charge < -0.3 is 10.6 Å². The van der Waals surface area contributed by atoms with Gasteiger partial charge in [0.2, 0.25) is 0 Å². The van der Waals surface area contributed by atoms with Crippen molar-refractivity contribution in [2.75, 3.05) is 30.4 Å². The van der Waals surface area contributed by atoms with Gasteiger partial charge in [0.25, 0.3) is 5.91 Å². The Labute approximate surface area is 111 Å². The van der Waals surface area contributed by atoms with Crippen molar-refractivity contribution in [1.82, 2.24) is 10.3 Å². The maximum absolute atomic E-state index is 13.0. The number of rotatable bonds is 6. The predicted molar refractivity (Wildman–Crippen MR) is 70.4 cm³/mol. The van der Waals surface area contributed by atoms with E-state index in [1.165, 1.54) is 6.92 Å². The number of sulfone groups is 1. The van der Waals surface area contributed by atoms with Crippen molar-refractivity contribution >= 4 is 21.6 Å². The summed E-state index contributed by atoms with van der Waals surface area (Å²) in [6.45, 7) is 1.52. The van der Waals surface area contributed by atoms with Crippen molar-refractivity contribution in [2.24, 2.45) is 0 Å². The number of nitrogens with one attached hydrogen (secondary N) is 2. The Bertz CT molecular complexity index is 560. The molecule has 0 unspecified atom stereocenters. The lowest BCUT2D eigenvalue weighted by molar-refractivity contribution is 0.0956. The molecule has 0 aliphatic carbocycles. The topological polar surface area (TPSA) is 88.2 Å². The van der Waals surface area contributed by atoms with E-state index in [-0.39, 0.29) is 29.4 Å². The van der Waals surface area contributed by atoms with E-state index in [0.29, 0.717) is 0 Å². The Kier molecular flexibility index (Phi) is 5.22. The van der Waals surface area contributed by atoms with Crippen molar-refractivity contribution < 1.29 is 17.6 Å². The van der Waals surface area contributed by atoms with Crippen molar-refractivity contribution in [3.63, 3.8) is 0 Å². The van der Waals surface area contributed by atoms with Crippen LogP contribution in [0.5, 0.6) is 0 Å². The van der Waals surface area contributed by atoms with E-state index < -0.39 is 21.6 Å². The van der Waals surface area contributed by atoms with Crippen LogP contribution >= 0.6 is 0 Å². The summed E-state index contributed by atoms with van der Waals surface area (Å²) in [7, 11) is -1.59. The Balaban J connectivity index is 2.71. The van der Waals surface area contributed by atoms with Crippen LogP contribution in [0.1, 0.15) is 17.3 Å². The van der Waals surface area contributed by atoms with Gasteiger partial charge in [0, 0.05) is 19.3 Å². The molecule has 1 amide bonds. The molecule has 0 fully saturated rings. The van der Waals surface area contributed by atoms with Gasteiger partial charge in [0.15, 0.2) is 9.84 Å². The Morgan fingerprint density at radius 2 is 2.16 bits per heavy atom. The van der Waals surface area contributed by atoms with E-state index in [9.17, 15) is 17.6 Å². The highest BCUT2D eigenvalue weighted by atomic mass is 32.2. The molecule has 1 aromatic rings. The molecule has 6 nitrogen and oxygen atoms in total. The maximum Gasteiger partial charge on any atom is 0.255 e. The third kappa shape index (κ3) is 4.47. The van der Waals surface area contributed by atoms with Crippen LogP contribution in [0.3, 0.4) is 0 Å². The van der Waals surface area contributed by atoms with Gasteiger partial charge in [-0.2, -0.15) is 0 Å². The van der Waals surface area contributed by atoms with E-state index in [4.69, 9.17) is 0 Å². The van der Waals surface area contributed by atoms with Gasteiger partial charge in [-0.25, -0.2) is 17.8 Å². The summed E-state index contributed by atoms with van der Waals surface area (Å²) in [5, 5.41) is 5.09. The first-order chi connectivity index (χ1) is 8.89. The highest BCUT2D eigenvalue weighted by Gasteiger charge is 2.14. The highest BCUT2D eigenvalue weighted by molar-refractivity contribution is 7.91. The molecule has 0 aliphatic rings. The highest BCUT2D eigenvalue weighted by Crippen LogP contribution is 2.12. The van der Waals surface area contributed by atoms with Gasteiger partial charge in [-0.05, 0) is 6.07 Å². The number of hydrogen-bond donors (Lipinski definition) is 2. The first-order valence-electron chi connectivity index (χ1n) is 5.71. The quantitative estimate of drug-likeness (QED) is 0.792. The minimum Gasteiger partial charge on any atom is -0.372 e. The number of amides is 1. The molecule has 0 aromatic carbocycles. The summed E-state index contributed by atoms with van der Waals surface area (Å²) in [5.74, 6) is -1.09. The van der Waals surface area contributed by atoms with Crippen molar-refractivity contribution in [3.05, 3.63) is 23.6 Å².